The van der Waals surface area contributed by atoms with Crippen LogP contribution in [0.15, 0.2) is 41.6 Å². The third-order valence-electron chi connectivity index (χ3n) is 7.34. The summed E-state index contributed by atoms with van der Waals surface area (Å²) in [5, 5.41) is 5.77. The highest BCUT2D eigenvalue weighted by Gasteiger charge is 2.34. The van der Waals surface area contributed by atoms with E-state index in [4.69, 9.17) is 9.47 Å². The normalized spacial score (nSPS) is 22.1. The molecule has 0 bridgehead atoms. The van der Waals surface area contributed by atoms with Gasteiger partial charge < -0.3 is 18.9 Å². The number of amides is 1. The quantitative estimate of drug-likeness (QED) is 0.419. The topological polar surface area (TPSA) is 104 Å². The van der Waals surface area contributed by atoms with Crippen molar-refractivity contribution in [2.45, 2.75) is 38.1 Å². The number of likely N-dealkylation sites (tertiary alicyclic amines) is 1. The average molecular weight is 507 g/mol. The number of aromatic nitrogens is 5. The molecule has 4 aromatic rings. The summed E-state index contributed by atoms with van der Waals surface area (Å²) in [6.45, 7) is 3.24. The number of aryl methyl sites for hydroxylation is 2. The lowest BCUT2D eigenvalue weighted by Crippen LogP contribution is -2.49. The highest BCUT2D eigenvalue weighted by molar-refractivity contribution is 6.08. The molecule has 5 heterocycles. The minimum atomic E-state index is -1.38. The molecule has 1 amide bonds. The van der Waals surface area contributed by atoms with Crippen LogP contribution in [0.1, 0.15) is 34.8 Å². The van der Waals surface area contributed by atoms with E-state index in [0.29, 0.717) is 53.7 Å². The number of benzene rings is 1. The number of hydrogen-bond acceptors (Lipinski definition) is 7. The lowest BCUT2D eigenvalue weighted by molar-refractivity contribution is 0.0164. The molecule has 37 heavy (non-hydrogen) atoms. The summed E-state index contributed by atoms with van der Waals surface area (Å²) in [7, 11) is 1.72. The maximum atomic E-state index is 15.1. The van der Waals surface area contributed by atoms with Gasteiger partial charge in [0.2, 0.25) is 0 Å². The lowest BCUT2D eigenvalue weighted by Gasteiger charge is -2.34. The standard InChI is InChI=1S/C26H27FN6O4/c1-15-10-21-18(23-19(24(34)31(21)2)12-30-33(23)16-5-9-36-14-16)11-17(15)25(35)32-8-4-22(20(27)13-32)37-26-28-6-3-7-29-26/h3,6-7,10-12,16,20,22H,4-5,8-9,13-14H2,1-2H3/t16-,20+,22-/m0/s1. The van der Waals surface area contributed by atoms with Crippen LogP contribution in [0.3, 0.4) is 0 Å². The minimum Gasteiger partial charge on any atom is -0.457 e. The number of pyridine rings is 1. The first-order chi connectivity index (χ1) is 17.9. The molecule has 2 aliphatic rings. The van der Waals surface area contributed by atoms with Crippen LogP contribution in [0.25, 0.3) is 21.8 Å². The number of rotatable bonds is 4. The summed E-state index contributed by atoms with van der Waals surface area (Å²) in [4.78, 5) is 36.2. The molecule has 0 radical (unpaired) electrons. The second-order valence-electron chi connectivity index (χ2n) is 9.66. The van der Waals surface area contributed by atoms with Gasteiger partial charge in [0.15, 0.2) is 6.17 Å². The number of fused-ring (bicyclic) bond motifs is 3. The van der Waals surface area contributed by atoms with Crippen LogP contribution in [0.5, 0.6) is 6.01 Å². The summed E-state index contributed by atoms with van der Waals surface area (Å²) in [6.07, 6.45) is 3.69. The number of halogens is 1. The van der Waals surface area contributed by atoms with Crippen LogP contribution in [0.2, 0.25) is 0 Å². The number of ether oxygens (including phenoxy) is 2. The van der Waals surface area contributed by atoms with Crippen molar-refractivity contribution in [1.29, 1.82) is 0 Å². The molecule has 0 saturated carbocycles. The van der Waals surface area contributed by atoms with E-state index in [0.717, 1.165) is 11.8 Å². The summed E-state index contributed by atoms with van der Waals surface area (Å²) in [5.74, 6) is -0.256. The highest BCUT2D eigenvalue weighted by atomic mass is 19.1. The molecule has 3 atom stereocenters. The Morgan fingerprint density at radius 1 is 1.19 bits per heavy atom. The molecule has 0 unspecified atom stereocenters. The van der Waals surface area contributed by atoms with Crippen molar-refractivity contribution in [3.8, 4) is 6.01 Å². The molecule has 2 aliphatic heterocycles. The smallest absolute Gasteiger partial charge is 0.316 e. The Bertz CT molecular complexity index is 1550. The summed E-state index contributed by atoms with van der Waals surface area (Å²) >= 11 is 0. The molecule has 2 saturated heterocycles. The molecule has 2 fully saturated rings. The van der Waals surface area contributed by atoms with Gasteiger partial charge in [0.25, 0.3) is 11.5 Å². The van der Waals surface area contributed by atoms with Crippen LogP contribution < -0.4 is 10.3 Å². The highest BCUT2D eigenvalue weighted by Crippen LogP contribution is 2.31. The van der Waals surface area contributed by atoms with Crippen molar-refractivity contribution in [2.75, 3.05) is 26.3 Å². The van der Waals surface area contributed by atoms with Gasteiger partial charge in [-0.3, -0.25) is 14.3 Å². The first kappa shape index (κ1) is 23.5. The first-order valence-corrected chi connectivity index (χ1v) is 12.4. The number of carbonyl (C=O) groups is 1. The Morgan fingerprint density at radius 3 is 2.73 bits per heavy atom. The van der Waals surface area contributed by atoms with E-state index in [1.54, 1.807) is 23.9 Å². The fraction of sp³-hybridized carbons (Fsp3) is 0.423. The molecule has 1 aromatic carbocycles. The zero-order valence-corrected chi connectivity index (χ0v) is 20.6. The fourth-order valence-electron chi connectivity index (χ4n) is 5.31. The van der Waals surface area contributed by atoms with Crippen molar-refractivity contribution >= 4 is 27.7 Å². The zero-order chi connectivity index (χ0) is 25.7. The van der Waals surface area contributed by atoms with E-state index < -0.39 is 12.3 Å². The summed E-state index contributed by atoms with van der Waals surface area (Å²) < 4.78 is 29.7. The van der Waals surface area contributed by atoms with Crippen molar-refractivity contribution in [3.05, 3.63) is 58.3 Å². The third kappa shape index (κ3) is 4.03. The third-order valence-corrected chi connectivity index (χ3v) is 7.34. The number of hydrogen-bond donors (Lipinski definition) is 0. The first-order valence-electron chi connectivity index (χ1n) is 12.4. The Labute approximate surface area is 211 Å². The van der Waals surface area contributed by atoms with Gasteiger partial charge in [0.05, 0.1) is 41.8 Å². The van der Waals surface area contributed by atoms with Crippen LogP contribution in [0.4, 0.5) is 4.39 Å². The lowest BCUT2D eigenvalue weighted by atomic mass is 9.99. The van der Waals surface area contributed by atoms with Gasteiger partial charge in [0.1, 0.15) is 6.10 Å². The second kappa shape index (κ2) is 9.22. The van der Waals surface area contributed by atoms with Crippen molar-refractivity contribution < 1.29 is 18.7 Å². The van der Waals surface area contributed by atoms with E-state index in [-0.39, 0.29) is 30.1 Å². The van der Waals surface area contributed by atoms with Gasteiger partial charge in [-0.05, 0) is 37.1 Å². The Kier molecular flexibility index (Phi) is 5.86. The number of alkyl halides is 1. The minimum absolute atomic E-state index is 0.0215. The van der Waals surface area contributed by atoms with Crippen molar-refractivity contribution in [1.82, 2.24) is 29.2 Å². The predicted octanol–water partition coefficient (Wildman–Crippen LogP) is 2.58. The molecule has 0 spiro atoms. The fourth-order valence-corrected chi connectivity index (χ4v) is 5.31. The Hall–Kier alpha value is -3.86. The van der Waals surface area contributed by atoms with Gasteiger partial charge in [-0.2, -0.15) is 5.10 Å². The zero-order valence-electron chi connectivity index (χ0n) is 20.6. The van der Waals surface area contributed by atoms with Gasteiger partial charge >= 0.3 is 6.01 Å². The maximum absolute atomic E-state index is 15.1. The molecule has 6 rings (SSSR count). The van der Waals surface area contributed by atoms with Gasteiger partial charge in [-0.15, -0.1) is 0 Å². The predicted molar refractivity (Wildman–Crippen MR) is 134 cm³/mol. The van der Waals surface area contributed by atoms with E-state index in [9.17, 15) is 9.59 Å². The summed E-state index contributed by atoms with van der Waals surface area (Å²) in [6, 6.07) is 5.47. The van der Waals surface area contributed by atoms with Crippen LogP contribution in [-0.4, -0.2) is 73.7 Å². The number of nitrogens with zero attached hydrogens (tertiary/aromatic N) is 6. The molecular formula is C26H27FN6O4. The Balaban J connectivity index is 1.35. The van der Waals surface area contributed by atoms with E-state index in [2.05, 4.69) is 15.1 Å². The average Bonchev–Trinajstić information content (AvgIpc) is 3.59. The molecule has 0 aliphatic carbocycles. The molecular weight excluding hydrogens is 479 g/mol. The number of piperidine rings is 1. The maximum Gasteiger partial charge on any atom is 0.316 e. The Morgan fingerprint density at radius 2 is 2.00 bits per heavy atom. The van der Waals surface area contributed by atoms with Crippen molar-refractivity contribution in [3.63, 3.8) is 0 Å². The van der Waals surface area contributed by atoms with E-state index in [1.807, 2.05) is 23.7 Å². The molecule has 11 heteroatoms. The molecule has 0 N–H and O–H groups in total. The molecule has 3 aromatic heterocycles. The molecule has 10 nitrogen and oxygen atoms in total. The largest absolute Gasteiger partial charge is 0.457 e. The van der Waals surface area contributed by atoms with Crippen molar-refractivity contribution in [2.24, 2.45) is 7.05 Å². The van der Waals surface area contributed by atoms with Crippen LogP contribution in [0, 0.1) is 6.92 Å². The van der Waals surface area contributed by atoms with Crippen LogP contribution in [-0.2, 0) is 11.8 Å². The van der Waals surface area contributed by atoms with Crippen LogP contribution >= 0.6 is 0 Å². The number of carbonyl (C=O) groups excluding carboxylic acids is 1. The van der Waals surface area contributed by atoms with Gasteiger partial charge in [-0.25, -0.2) is 14.4 Å². The van der Waals surface area contributed by atoms with E-state index in [1.165, 1.54) is 17.3 Å². The van der Waals surface area contributed by atoms with E-state index >= 15 is 4.39 Å². The second-order valence-corrected chi connectivity index (χ2v) is 9.66. The SMILES string of the molecule is Cc1cc2c(cc1C(=O)N1CC[C@H](Oc3ncccn3)[C@H](F)C1)c1c(cnn1[C@H]1CCOC1)c(=O)n2C. The monoisotopic (exact) mass is 506 g/mol. The molecule has 192 valence electrons. The summed E-state index contributed by atoms with van der Waals surface area (Å²) in [5.41, 5.74) is 2.46. The van der Waals surface area contributed by atoms with Gasteiger partial charge in [-0.1, -0.05) is 0 Å². The van der Waals surface area contributed by atoms with Gasteiger partial charge in [0, 0.05) is 50.0 Å².